The van der Waals surface area contributed by atoms with Gasteiger partial charge in [0.25, 0.3) is 0 Å². The van der Waals surface area contributed by atoms with Gasteiger partial charge >= 0.3 is 12.2 Å². The van der Waals surface area contributed by atoms with Crippen molar-refractivity contribution in [3.05, 3.63) is 142 Å². The number of alkyl halides is 1. The normalized spacial score (nSPS) is 15.7. The molecule has 0 radical (unpaired) electrons. The molecular formula is C98H155Br5N10O17S7. The number of benzene rings is 5. The van der Waals surface area contributed by atoms with Crippen molar-refractivity contribution in [1.82, 2.24) is 44.2 Å². The third-order valence-electron chi connectivity index (χ3n) is 19.3. The van der Waals surface area contributed by atoms with Crippen molar-refractivity contribution in [2.45, 2.75) is 372 Å². The maximum absolute atomic E-state index is 13.4. The number of phenolic OH excluding ortho intramolecular Hbond substituents is 1. The van der Waals surface area contributed by atoms with Crippen LogP contribution in [0, 0.1) is 30.6 Å². The molecule has 0 bridgehead atoms. The lowest BCUT2D eigenvalue weighted by atomic mass is 9.86. The number of aryl methyl sites for hydroxylation is 2. The molecule has 9 rings (SSSR count). The number of rotatable bonds is 31. The van der Waals surface area contributed by atoms with Gasteiger partial charge in [0.2, 0.25) is 50.1 Å². The quantitative estimate of drug-likeness (QED) is 0.0144. The Morgan fingerprint density at radius 3 is 1.18 bits per heavy atom. The van der Waals surface area contributed by atoms with Crippen LogP contribution in [-0.4, -0.2) is 140 Å². The van der Waals surface area contributed by atoms with Crippen LogP contribution in [-0.2, 0) is 66.0 Å². The fraction of sp³-hybridized carbons (Fsp3) is 0.612. The molecule has 776 valence electrons. The molecule has 2 aromatic heterocycles. The highest BCUT2D eigenvalue weighted by Gasteiger charge is 2.34. The van der Waals surface area contributed by atoms with Gasteiger partial charge < -0.3 is 40.4 Å². The van der Waals surface area contributed by atoms with Gasteiger partial charge in [-0.3, -0.25) is 0 Å². The first-order valence-electron chi connectivity index (χ1n) is 46.4. The highest BCUT2D eigenvalue weighted by atomic mass is 79.9. The van der Waals surface area contributed by atoms with E-state index >= 15 is 0 Å². The number of carbonyl (C=O) groups excluding carboxylic acids is 2. The van der Waals surface area contributed by atoms with Crippen molar-refractivity contribution in [3.63, 3.8) is 0 Å². The van der Waals surface area contributed by atoms with E-state index in [1.54, 1.807) is 102 Å². The highest BCUT2D eigenvalue weighted by Crippen LogP contribution is 2.42. The standard InChI is InChI=1S/C28H43N3O5S2.C16H26BrNO2S.C16H27NO3S.C13H19BrN2O2S.C10H15BrN2O2S.C10H14BrNO3S.C5H11Br/c1-18(2)14-15-35-22-12-13-23(25(16-22)38(33,34)31-28(5,6)7)24-17-29-26(37-24)20-8-10-21(11-9-20)30-27(32)36-19(3)4;1-12(2)7-6-8-13-9-10-14(17)15(11-13)21(19,20)18-16(3,4)5;1-12(2)9-10-20-14-8-7-13(3)15(11-14)21(18,19)17-16(4,5)6;1-8(2)18-13(17)16-10-5-3-9(4-6-10)12-15-7-11(14)19-12;1-10(2,3)13-16(14,15)9-6-7(12)4-5-8(9)11;1-10(2,3)12-16(14,15)9-6-7(13)4-5-8(9)11;1-5(2)3-4-6/h12-13,16-21,31H,8-11,14-15H2,1-7H3,(H,30,32);9-12,18H,6-8H2,1-5H3;7-8,11-12,17H,9-10H2,1-6H3;7-10H,3-6H2,1-2H3,(H,16,17);4-6,13H,12H2,1-3H3;4-6,12-13H,1-3H3;5H,3-4H2,1-2H3. The predicted molar refractivity (Wildman–Crippen MR) is 578 cm³/mol. The summed E-state index contributed by atoms with van der Waals surface area (Å²) in [4.78, 5) is 34.4. The zero-order valence-corrected chi connectivity index (χ0v) is 99.0. The van der Waals surface area contributed by atoms with E-state index in [0.717, 1.165) is 114 Å². The summed E-state index contributed by atoms with van der Waals surface area (Å²) in [6.07, 6.45) is 16.7. The summed E-state index contributed by atoms with van der Waals surface area (Å²) in [5.74, 6) is 4.44. The van der Waals surface area contributed by atoms with Gasteiger partial charge in [0.05, 0.1) is 74.8 Å². The molecule has 2 aliphatic carbocycles. The van der Waals surface area contributed by atoms with Gasteiger partial charge in [-0.2, -0.15) is 0 Å². The molecule has 0 atom stereocenters. The lowest BCUT2D eigenvalue weighted by molar-refractivity contribution is 0.108. The number of aromatic nitrogens is 2. The Bertz CT molecular complexity index is 5320. The number of nitrogen functional groups attached to an aromatic ring is 1. The van der Waals surface area contributed by atoms with E-state index in [2.05, 4.69) is 174 Å². The molecule has 5 aromatic carbocycles. The highest BCUT2D eigenvalue weighted by molar-refractivity contribution is 9.11. The maximum atomic E-state index is 13.4. The molecule has 10 N–H and O–H groups in total. The number of nitrogens with two attached hydrogens (primary N) is 1. The van der Waals surface area contributed by atoms with E-state index in [-0.39, 0.29) is 67.7 Å². The van der Waals surface area contributed by atoms with Crippen LogP contribution in [0.5, 0.6) is 17.2 Å². The first-order valence-corrected chi connectivity index (χ1v) is 59.7. The summed E-state index contributed by atoms with van der Waals surface area (Å²) >= 11 is 19.7. The summed E-state index contributed by atoms with van der Waals surface area (Å²) in [5, 5.41) is 18.5. The predicted octanol–water partition coefficient (Wildman–Crippen LogP) is 25.3. The van der Waals surface area contributed by atoms with Crippen molar-refractivity contribution in [1.29, 1.82) is 0 Å². The van der Waals surface area contributed by atoms with Gasteiger partial charge in [-0.15, -0.1) is 22.7 Å². The average molecular weight is 2370 g/mol. The van der Waals surface area contributed by atoms with Crippen LogP contribution in [0.4, 0.5) is 15.3 Å². The summed E-state index contributed by atoms with van der Waals surface area (Å²) in [7, 11) is -18.0. The third kappa shape index (κ3) is 50.9. The number of carbonyl (C=O) groups is 2. The van der Waals surface area contributed by atoms with E-state index < -0.39 is 77.8 Å². The van der Waals surface area contributed by atoms with Crippen LogP contribution in [0.2, 0.25) is 0 Å². The molecule has 2 heterocycles. The number of anilines is 1. The molecule has 0 unspecified atom stereocenters. The van der Waals surface area contributed by atoms with Crippen LogP contribution in [0.3, 0.4) is 0 Å². The molecule has 7 aromatic rings. The van der Waals surface area contributed by atoms with E-state index in [9.17, 15) is 56.8 Å². The molecule has 2 fully saturated rings. The molecule has 2 saturated carbocycles. The minimum atomic E-state index is -3.81. The fourth-order valence-electron chi connectivity index (χ4n) is 13.2. The van der Waals surface area contributed by atoms with Crippen molar-refractivity contribution in [3.8, 4) is 27.7 Å². The number of hydrogen-bond donors (Lipinski definition) is 9. The van der Waals surface area contributed by atoms with Crippen molar-refractivity contribution >= 4 is 170 Å². The zero-order valence-electron chi connectivity index (χ0n) is 85.3. The Morgan fingerprint density at radius 1 is 0.438 bits per heavy atom. The monoisotopic (exact) mass is 2360 g/mol. The van der Waals surface area contributed by atoms with Crippen LogP contribution in [0.15, 0.2) is 145 Å². The van der Waals surface area contributed by atoms with Gasteiger partial charge in [-0.1, -0.05) is 89.9 Å². The topological polar surface area (TPSA) is 398 Å². The largest absolute Gasteiger partial charge is 0.508 e. The second kappa shape index (κ2) is 57.1. The number of nitrogens with zero attached hydrogens (tertiary/aromatic N) is 2. The minimum Gasteiger partial charge on any atom is -0.508 e. The first kappa shape index (κ1) is 126. The number of ether oxygens (including phenoxy) is 4. The Labute approximate surface area is 871 Å². The second-order valence-corrected chi connectivity index (χ2v) is 56.6. The van der Waals surface area contributed by atoms with Gasteiger partial charge in [-0.25, -0.2) is 85.3 Å². The molecule has 2 amide bonds. The second-order valence-electron chi connectivity index (χ2n) is 41.5. The Kier molecular flexibility index (Phi) is 52.6. The molecular weight excluding hydrogens is 2210 g/mol. The summed E-state index contributed by atoms with van der Waals surface area (Å²) in [6, 6.07) is 25.2. The molecule has 0 aliphatic heterocycles. The average Bonchev–Trinajstić information content (AvgIpc) is 1.77. The fourth-order valence-corrected chi connectivity index (χ4v) is 27.3. The zero-order chi connectivity index (χ0) is 105. The van der Waals surface area contributed by atoms with Gasteiger partial charge in [0.15, 0.2) is 0 Å². The number of amides is 2. The van der Waals surface area contributed by atoms with Crippen molar-refractivity contribution < 1.29 is 75.7 Å². The van der Waals surface area contributed by atoms with Crippen molar-refractivity contribution in [2.24, 2.45) is 23.7 Å². The van der Waals surface area contributed by atoms with Crippen LogP contribution in [0.1, 0.15) is 303 Å². The van der Waals surface area contributed by atoms with E-state index in [1.807, 2.05) is 127 Å². The smallest absolute Gasteiger partial charge is 0.407 e. The first-order chi connectivity index (χ1) is 62.8. The number of aromatic hydroxyl groups is 1. The summed E-state index contributed by atoms with van der Waals surface area (Å²) < 4.78 is 162. The Hall–Kier alpha value is -4.95. The maximum Gasteiger partial charge on any atom is 0.407 e. The van der Waals surface area contributed by atoms with Gasteiger partial charge in [0.1, 0.15) is 17.2 Å². The van der Waals surface area contributed by atoms with Gasteiger partial charge in [0, 0.05) is 106 Å². The minimum absolute atomic E-state index is 0.0300. The number of phenols is 1. The number of hydrogen-bond acceptors (Lipinski definition) is 22. The van der Waals surface area contributed by atoms with E-state index in [1.165, 1.54) is 47.0 Å². The molecule has 137 heavy (non-hydrogen) atoms. The number of nitrogens with one attached hydrogen (secondary N) is 7. The summed E-state index contributed by atoms with van der Waals surface area (Å²) in [5.41, 5.74) is 5.66. The van der Waals surface area contributed by atoms with Crippen LogP contribution in [0.25, 0.3) is 10.4 Å². The van der Waals surface area contributed by atoms with Gasteiger partial charge in [-0.05, 0) is 381 Å². The van der Waals surface area contributed by atoms with Crippen LogP contribution >= 0.6 is 102 Å². The molecule has 27 nitrogen and oxygen atoms in total. The Balaban J connectivity index is 0.000000430. The Morgan fingerprint density at radius 2 is 0.796 bits per heavy atom. The summed E-state index contributed by atoms with van der Waals surface area (Å²) in [6.45, 7) is 54.7. The third-order valence-corrected chi connectivity index (χ3v) is 34.5. The number of sulfonamides is 5. The number of thiazole rings is 2. The lowest BCUT2D eigenvalue weighted by Crippen LogP contribution is -2.40. The number of alkyl carbamates (subject to hydrolysis) is 2. The molecule has 0 spiro atoms. The SMILES string of the molecule is CC(C)(C)NS(=O)(=O)c1cc(N)ccc1Br.CC(C)(C)NS(=O)(=O)c1cc(O)ccc1Br.CC(C)CCBr.CC(C)CCCc1ccc(Br)c(S(=O)(=O)NC(C)(C)C)c1.CC(C)CCOc1ccc(-c2cnc(C3CCC(NC(=O)OC(C)C)CC3)s2)c(S(=O)(=O)NC(C)(C)C)c1.CC(C)OC(=O)NC1CCC(c2ncc(Br)s2)CC1.Cc1ccc(OCCC(C)C)cc1S(=O)(=O)NC(C)(C)C. The van der Waals surface area contributed by atoms with E-state index in [0.29, 0.717) is 83.5 Å². The lowest BCUT2D eigenvalue weighted by Gasteiger charge is -2.28. The molecule has 39 heteroatoms. The molecule has 0 saturated heterocycles. The molecule has 2 aliphatic rings. The van der Waals surface area contributed by atoms with Crippen molar-refractivity contribution in [2.75, 3.05) is 24.3 Å². The van der Waals surface area contributed by atoms with Crippen LogP contribution < -0.4 is 49.5 Å². The van der Waals surface area contributed by atoms with E-state index in [4.69, 9.17) is 29.7 Å². The number of halogens is 5.